The van der Waals surface area contributed by atoms with Crippen LogP contribution in [0.15, 0.2) is 35.6 Å². The van der Waals surface area contributed by atoms with E-state index < -0.39 is 18.3 Å². The molecule has 0 unspecified atom stereocenters. The van der Waals surface area contributed by atoms with E-state index in [0.29, 0.717) is 22.6 Å². The Morgan fingerprint density at radius 2 is 2.06 bits per heavy atom. The zero-order valence-corrected chi connectivity index (χ0v) is 20.2. The Labute approximate surface area is 210 Å². The molecule has 11 nitrogen and oxygen atoms in total. The van der Waals surface area contributed by atoms with Gasteiger partial charge in [0.2, 0.25) is 17.0 Å². The molecule has 36 heavy (non-hydrogen) atoms. The van der Waals surface area contributed by atoms with E-state index >= 15 is 0 Å². The Hall–Kier alpha value is -4.34. The summed E-state index contributed by atoms with van der Waals surface area (Å²) in [6.45, 7) is 1.50. The summed E-state index contributed by atoms with van der Waals surface area (Å²) in [6, 6.07) is 8.41. The number of amides is 1. The van der Waals surface area contributed by atoms with Gasteiger partial charge in [-0.2, -0.15) is 19.7 Å². The molecule has 3 aromatic rings. The van der Waals surface area contributed by atoms with Gasteiger partial charge in [-0.1, -0.05) is 0 Å². The molecule has 0 aliphatic carbocycles. The molecule has 0 aliphatic rings. The largest absolute Gasteiger partial charge is 0.493 e. The first-order valence-corrected chi connectivity index (χ1v) is 10.6. The maximum absolute atomic E-state index is 13.9. The molecule has 186 valence electrons. The number of halogens is 2. The summed E-state index contributed by atoms with van der Waals surface area (Å²) < 4.78 is 35.2. The summed E-state index contributed by atoms with van der Waals surface area (Å²) >= 11 is 5.70. The van der Waals surface area contributed by atoms with E-state index in [1.54, 1.807) is 25.1 Å². The molecule has 0 fully saturated rings. The number of hydrogen-bond acceptors (Lipinski definition) is 10. The molecule has 0 saturated carbocycles. The molecule has 0 aliphatic heterocycles. The van der Waals surface area contributed by atoms with E-state index in [1.807, 2.05) is 6.07 Å². The number of ether oxygens (including phenoxy) is 4. The quantitative estimate of drug-likeness (QED) is 0.245. The van der Waals surface area contributed by atoms with Crippen molar-refractivity contribution >= 4 is 23.7 Å². The van der Waals surface area contributed by atoms with E-state index in [2.05, 4.69) is 25.5 Å². The summed E-state index contributed by atoms with van der Waals surface area (Å²) in [5, 5.41) is 13.1. The van der Waals surface area contributed by atoms with Gasteiger partial charge in [0.05, 0.1) is 26.1 Å². The van der Waals surface area contributed by atoms with Crippen LogP contribution in [0.3, 0.4) is 0 Å². The van der Waals surface area contributed by atoms with Crippen molar-refractivity contribution in [2.24, 2.45) is 5.10 Å². The molecule has 0 bridgehead atoms. The number of nitriles is 1. The lowest BCUT2D eigenvalue weighted by Gasteiger charge is -2.11. The number of aromatic nitrogens is 3. The number of rotatable bonds is 10. The SMILES string of the molecule is COCc1cc(C)nc(OCC(=O)N/N=C\c2ccc(OC)c(Oc3nc(Cl)ncc3F)c2)c1C#N. The molecule has 0 atom stereocenters. The van der Waals surface area contributed by atoms with Gasteiger partial charge in [-0.25, -0.2) is 15.4 Å². The monoisotopic (exact) mass is 514 g/mol. The van der Waals surface area contributed by atoms with Gasteiger partial charge in [0.15, 0.2) is 18.1 Å². The second-order valence-corrected chi connectivity index (χ2v) is 7.37. The lowest BCUT2D eigenvalue weighted by molar-refractivity contribution is -0.123. The Bertz CT molecular complexity index is 1330. The van der Waals surface area contributed by atoms with Crippen LogP contribution >= 0.6 is 11.6 Å². The minimum absolute atomic E-state index is 0.0256. The fourth-order valence-electron chi connectivity index (χ4n) is 2.91. The molecule has 1 amide bonds. The van der Waals surface area contributed by atoms with Crippen LogP contribution in [0.4, 0.5) is 4.39 Å². The maximum atomic E-state index is 13.9. The molecule has 0 saturated heterocycles. The van der Waals surface area contributed by atoms with Gasteiger partial charge < -0.3 is 18.9 Å². The normalized spacial score (nSPS) is 10.7. The number of benzene rings is 1. The first-order chi connectivity index (χ1) is 17.3. The van der Waals surface area contributed by atoms with Gasteiger partial charge in [-0.05, 0) is 48.4 Å². The highest BCUT2D eigenvalue weighted by Gasteiger charge is 2.15. The number of nitrogens with one attached hydrogen (secondary N) is 1. The van der Waals surface area contributed by atoms with Crippen molar-refractivity contribution in [1.82, 2.24) is 20.4 Å². The lowest BCUT2D eigenvalue weighted by atomic mass is 10.1. The van der Waals surface area contributed by atoms with Crippen LogP contribution in [0, 0.1) is 24.1 Å². The minimum atomic E-state index is -0.815. The van der Waals surface area contributed by atoms with Gasteiger partial charge in [0.25, 0.3) is 11.8 Å². The fourth-order valence-corrected chi connectivity index (χ4v) is 3.03. The molecule has 2 aromatic heterocycles. The van der Waals surface area contributed by atoms with Gasteiger partial charge in [0, 0.05) is 18.4 Å². The summed E-state index contributed by atoms with van der Waals surface area (Å²) in [6.07, 6.45) is 2.21. The highest BCUT2D eigenvalue weighted by Crippen LogP contribution is 2.32. The number of carbonyl (C=O) groups is 1. The lowest BCUT2D eigenvalue weighted by Crippen LogP contribution is -2.25. The number of carbonyl (C=O) groups excluding carboxylic acids is 1. The number of methoxy groups -OCH3 is 2. The number of aryl methyl sites for hydroxylation is 1. The van der Waals surface area contributed by atoms with Gasteiger partial charge in [0.1, 0.15) is 11.6 Å². The summed E-state index contributed by atoms with van der Waals surface area (Å²) in [7, 11) is 2.92. The average Bonchev–Trinajstić information content (AvgIpc) is 2.85. The standard InChI is InChI=1S/C23H20ClFN6O5/c1-13-6-15(11-33-2)16(8-26)21(29-13)35-12-20(32)31-28-9-14-4-5-18(34-3)19(7-14)36-22-17(25)10-27-23(24)30-22/h4-7,9-10H,11-12H2,1-3H3,(H,31,32)/b28-9-. The summed E-state index contributed by atoms with van der Waals surface area (Å²) in [5.74, 6) is -1.34. The Kier molecular flexibility index (Phi) is 9.04. The molecule has 1 aromatic carbocycles. The van der Waals surface area contributed by atoms with Gasteiger partial charge in [-0.15, -0.1) is 0 Å². The molecule has 3 rings (SSSR count). The highest BCUT2D eigenvalue weighted by atomic mass is 35.5. The molecular weight excluding hydrogens is 495 g/mol. The Morgan fingerprint density at radius 3 is 2.78 bits per heavy atom. The topological polar surface area (TPSA) is 141 Å². The van der Waals surface area contributed by atoms with Crippen LogP contribution in [0.1, 0.15) is 22.4 Å². The Balaban J connectivity index is 1.66. The van der Waals surface area contributed by atoms with Gasteiger partial charge in [-0.3, -0.25) is 4.79 Å². The van der Waals surface area contributed by atoms with Crippen molar-refractivity contribution in [3.8, 4) is 29.3 Å². The van der Waals surface area contributed by atoms with Crippen LogP contribution in [0.2, 0.25) is 5.28 Å². The first kappa shape index (κ1) is 26.3. The molecular formula is C23H20ClFN6O5. The van der Waals surface area contributed by atoms with Crippen LogP contribution < -0.4 is 19.6 Å². The average molecular weight is 515 g/mol. The number of hydrazone groups is 1. The maximum Gasteiger partial charge on any atom is 0.278 e. The van der Waals surface area contributed by atoms with E-state index in [9.17, 15) is 14.4 Å². The predicted octanol–water partition coefficient (Wildman–Crippen LogP) is 3.32. The van der Waals surface area contributed by atoms with E-state index in [4.69, 9.17) is 30.5 Å². The van der Waals surface area contributed by atoms with E-state index in [1.165, 1.54) is 26.5 Å². The number of hydrogen-bond donors (Lipinski definition) is 1. The fraction of sp³-hybridized carbons (Fsp3) is 0.217. The predicted molar refractivity (Wildman–Crippen MR) is 126 cm³/mol. The summed E-state index contributed by atoms with van der Waals surface area (Å²) in [5.41, 5.74) is 4.19. The van der Waals surface area contributed by atoms with Crippen LogP contribution in [-0.2, 0) is 16.1 Å². The molecule has 2 heterocycles. The van der Waals surface area contributed by atoms with Crippen LogP contribution in [-0.4, -0.2) is 47.9 Å². The third-order valence-electron chi connectivity index (χ3n) is 4.43. The third-order valence-corrected chi connectivity index (χ3v) is 4.61. The minimum Gasteiger partial charge on any atom is -0.493 e. The molecule has 0 spiro atoms. The molecule has 0 radical (unpaired) electrons. The van der Waals surface area contributed by atoms with Crippen LogP contribution in [0.25, 0.3) is 0 Å². The smallest absolute Gasteiger partial charge is 0.278 e. The van der Waals surface area contributed by atoms with Crippen molar-refractivity contribution in [2.45, 2.75) is 13.5 Å². The summed E-state index contributed by atoms with van der Waals surface area (Å²) in [4.78, 5) is 23.6. The number of nitrogens with zero attached hydrogens (tertiary/aromatic N) is 5. The van der Waals surface area contributed by atoms with Gasteiger partial charge >= 0.3 is 0 Å². The zero-order valence-electron chi connectivity index (χ0n) is 19.4. The van der Waals surface area contributed by atoms with Crippen molar-refractivity contribution in [3.63, 3.8) is 0 Å². The second-order valence-electron chi connectivity index (χ2n) is 7.03. The van der Waals surface area contributed by atoms with E-state index in [-0.39, 0.29) is 35.0 Å². The number of pyridine rings is 1. The van der Waals surface area contributed by atoms with E-state index in [0.717, 1.165) is 6.20 Å². The second kappa shape index (κ2) is 12.4. The zero-order chi connectivity index (χ0) is 26.1. The van der Waals surface area contributed by atoms with Crippen molar-refractivity contribution in [3.05, 3.63) is 63.9 Å². The van der Waals surface area contributed by atoms with Crippen molar-refractivity contribution in [2.75, 3.05) is 20.8 Å². The molecule has 13 heteroatoms. The third kappa shape index (κ3) is 6.84. The van der Waals surface area contributed by atoms with Crippen molar-refractivity contribution in [1.29, 1.82) is 5.26 Å². The Morgan fingerprint density at radius 1 is 1.25 bits per heavy atom. The molecule has 1 N–H and O–H groups in total. The van der Waals surface area contributed by atoms with Crippen molar-refractivity contribution < 1.29 is 28.1 Å². The first-order valence-electron chi connectivity index (χ1n) is 10.2. The van der Waals surface area contributed by atoms with Crippen LogP contribution in [0.5, 0.6) is 23.3 Å². The highest BCUT2D eigenvalue weighted by molar-refractivity contribution is 6.28.